The van der Waals surface area contributed by atoms with Crippen molar-refractivity contribution >= 4 is 23.0 Å². The highest BCUT2D eigenvalue weighted by Gasteiger charge is 2.10. The number of halogens is 2. The van der Waals surface area contributed by atoms with Crippen molar-refractivity contribution in [2.24, 2.45) is 5.84 Å². The lowest BCUT2D eigenvalue weighted by atomic mass is 10.3. The summed E-state index contributed by atoms with van der Waals surface area (Å²) in [4.78, 5) is 7.61. The number of hydrogen-bond donors (Lipinski definition) is 4. The molecule has 0 amide bonds. The predicted octanol–water partition coefficient (Wildman–Crippen LogP) is 1.37. The van der Waals surface area contributed by atoms with E-state index in [2.05, 4.69) is 20.7 Å². The maximum absolute atomic E-state index is 13.4. The number of nitrogens with two attached hydrogens (primary N) is 2. The van der Waals surface area contributed by atoms with Gasteiger partial charge in [0.2, 0.25) is 0 Å². The van der Waals surface area contributed by atoms with E-state index in [0.29, 0.717) is 0 Å². The van der Waals surface area contributed by atoms with E-state index in [4.69, 9.17) is 11.6 Å². The second-order valence-corrected chi connectivity index (χ2v) is 3.38. The molecule has 0 saturated heterocycles. The topological polar surface area (TPSA) is 102 Å². The van der Waals surface area contributed by atoms with Crippen LogP contribution in [0.4, 0.5) is 31.8 Å². The minimum absolute atomic E-state index is 0.0461. The molecule has 0 fully saturated rings. The average molecular weight is 252 g/mol. The SMILES string of the molecule is NNc1ncnc(Nc2ccc(F)cc2F)c1N. The van der Waals surface area contributed by atoms with Crippen molar-refractivity contribution < 1.29 is 8.78 Å². The van der Waals surface area contributed by atoms with Gasteiger partial charge in [-0.05, 0) is 12.1 Å². The Balaban J connectivity index is 2.34. The van der Waals surface area contributed by atoms with E-state index in [-0.39, 0.29) is 23.0 Å². The van der Waals surface area contributed by atoms with E-state index in [0.717, 1.165) is 12.1 Å². The Hall–Kier alpha value is -2.48. The Morgan fingerprint density at radius 2 is 1.83 bits per heavy atom. The van der Waals surface area contributed by atoms with Crippen molar-refractivity contribution in [1.29, 1.82) is 0 Å². The van der Waals surface area contributed by atoms with Gasteiger partial charge in [-0.2, -0.15) is 0 Å². The number of nitrogens with one attached hydrogen (secondary N) is 2. The smallest absolute Gasteiger partial charge is 0.168 e. The number of nitrogen functional groups attached to an aromatic ring is 2. The molecule has 0 atom stereocenters. The number of benzene rings is 1. The van der Waals surface area contributed by atoms with E-state index in [9.17, 15) is 8.78 Å². The van der Waals surface area contributed by atoms with Crippen molar-refractivity contribution in [1.82, 2.24) is 9.97 Å². The summed E-state index contributed by atoms with van der Waals surface area (Å²) in [5, 5.41) is 2.63. The minimum Gasteiger partial charge on any atom is -0.393 e. The fraction of sp³-hybridized carbons (Fsp3) is 0. The molecular formula is C10H10F2N6. The lowest BCUT2D eigenvalue weighted by molar-refractivity contribution is 0.586. The number of nitrogens with zero attached hydrogens (tertiary/aromatic N) is 2. The largest absolute Gasteiger partial charge is 0.393 e. The lowest BCUT2D eigenvalue weighted by Gasteiger charge is -2.11. The van der Waals surface area contributed by atoms with E-state index < -0.39 is 11.6 Å². The summed E-state index contributed by atoms with van der Waals surface area (Å²) in [6, 6.07) is 3.11. The molecular weight excluding hydrogens is 242 g/mol. The molecule has 0 unspecified atom stereocenters. The third-order valence-electron chi connectivity index (χ3n) is 2.20. The minimum atomic E-state index is -0.754. The highest BCUT2D eigenvalue weighted by atomic mass is 19.1. The van der Waals surface area contributed by atoms with Crippen LogP contribution in [-0.4, -0.2) is 9.97 Å². The van der Waals surface area contributed by atoms with Crippen LogP contribution in [0.15, 0.2) is 24.5 Å². The quantitative estimate of drug-likeness (QED) is 0.486. The number of anilines is 4. The number of rotatable bonds is 3. The molecule has 0 radical (unpaired) electrons. The van der Waals surface area contributed by atoms with Crippen molar-refractivity contribution in [2.45, 2.75) is 0 Å². The zero-order valence-electron chi connectivity index (χ0n) is 9.11. The highest BCUT2D eigenvalue weighted by Crippen LogP contribution is 2.26. The summed E-state index contributed by atoms with van der Waals surface area (Å²) in [5.41, 5.74) is 8.14. The summed E-state index contributed by atoms with van der Waals surface area (Å²) >= 11 is 0. The van der Waals surface area contributed by atoms with Gasteiger partial charge in [-0.15, -0.1) is 0 Å². The highest BCUT2D eigenvalue weighted by molar-refractivity contribution is 5.77. The summed E-state index contributed by atoms with van der Waals surface area (Å²) in [6.45, 7) is 0. The van der Waals surface area contributed by atoms with Crippen LogP contribution in [0.25, 0.3) is 0 Å². The first-order valence-electron chi connectivity index (χ1n) is 4.91. The van der Waals surface area contributed by atoms with Gasteiger partial charge < -0.3 is 16.5 Å². The van der Waals surface area contributed by atoms with Gasteiger partial charge in [-0.1, -0.05) is 0 Å². The molecule has 18 heavy (non-hydrogen) atoms. The number of hydrazine groups is 1. The average Bonchev–Trinajstić information content (AvgIpc) is 2.35. The third kappa shape index (κ3) is 2.28. The third-order valence-corrected chi connectivity index (χ3v) is 2.20. The van der Waals surface area contributed by atoms with Crippen LogP contribution in [0.3, 0.4) is 0 Å². The molecule has 6 N–H and O–H groups in total. The predicted molar refractivity (Wildman–Crippen MR) is 63.9 cm³/mol. The normalized spacial score (nSPS) is 10.2. The molecule has 0 saturated carbocycles. The first-order chi connectivity index (χ1) is 8.61. The second kappa shape index (κ2) is 4.80. The van der Waals surface area contributed by atoms with Crippen LogP contribution in [-0.2, 0) is 0 Å². The maximum Gasteiger partial charge on any atom is 0.168 e. The van der Waals surface area contributed by atoms with Crippen LogP contribution in [0, 0.1) is 11.6 Å². The molecule has 2 rings (SSSR count). The van der Waals surface area contributed by atoms with Crippen LogP contribution >= 0.6 is 0 Å². The van der Waals surface area contributed by atoms with Gasteiger partial charge in [-0.25, -0.2) is 24.6 Å². The van der Waals surface area contributed by atoms with Crippen LogP contribution < -0.4 is 22.3 Å². The zero-order valence-corrected chi connectivity index (χ0v) is 9.11. The summed E-state index contributed by atoms with van der Waals surface area (Å²) in [5.74, 6) is 4.14. The van der Waals surface area contributed by atoms with Crippen molar-refractivity contribution in [2.75, 3.05) is 16.5 Å². The number of hydrogen-bond acceptors (Lipinski definition) is 6. The van der Waals surface area contributed by atoms with E-state index in [1.165, 1.54) is 12.4 Å². The first kappa shape index (κ1) is 12.0. The van der Waals surface area contributed by atoms with Crippen LogP contribution in [0.2, 0.25) is 0 Å². The summed E-state index contributed by atoms with van der Waals surface area (Å²) < 4.78 is 26.2. The molecule has 1 heterocycles. The summed E-state index contributed by atoms with van der Waals surface area (Å²) in [7, 11) is 0. The fourth-order valence-electron chi connectivity index (χ4n) is 1.33. The Bertz CT molecular complexity index is 574. The zero-order chi connectivity index (χ0) is 13.1. The molecule has 2 aromatic rings. The standard InChI is InChI=1S/C10H10F2N6/c11-5-1-2-7(6(12)3-5)17-9-8(13)10(18-14)16-4-15-9/h1-4H,13-14H2,(H2,15,16,17,18). The Morgan fingerprint density at radius 1 is 1.11 bits per heavy atom. The van der Waals surface area contributed by atoms with Gasteiger partial charge >= 0.3 is 0 Å². The maximum atomic E-state index is 13.4. The van der Waals surface area contributed by atoms with Gasteiger partial charge in [0.15, 0.2) is 11.6 Å². The molecule has 0 aliphatic heterocycles. The molecule has 0 aliphatic carbocycles. The Morgan fingerprint density at radius 3 is 2.50 bits per heavy atom. The monoisotopic (exact) mass is 252 g/mol. The molecule has 1 aromatic carbocycles. The van der Waals surface area contributed by atoms with Crippen molar-refractivity contribution in [3.05, 3.63) is 36.2 Å². The van der Waals surface area contributed by atoms with E-state index >= 15 is 0 Å². The van der Waals surface area contributed by atoms with Gasteiger partial charge in [0.1, 0.15) is 23.6 Å². The van der Waals surface area contributed by atoms with Crippen molar-refractivity contribution in [3.63, 3.8) is 0 Å². The molecule has 1 aromatic heterocycles. The molecule has 0 bridgehead atoms. The van der Waals surface area contributed by atoms with Crippen LogP contribution in [0.1, 0.15) is 0 Å². The molecule has 0 aliphatic rings. The summed E-state index contributed by atoms with van der Waals surface area (Å²) in [6.07, 6.45) is 1.20. The van der Waals surface area contributed by atoms with E-state index in [1.54, 1.807) is 0 Å². The van der Waals surface area contributed by atoms with Crippen LogP contribution in [0.5, 0.6) is 0 Å². The lowest BCUT2D eigenvalue weighted by Crippen LogP contribution is -2.13. The Labute approximate surface area is 101 Å². The van der Waals surface area contributed by atoms with Gasteiger partial charge in [0, 0.05) is 6.07 Å². The molecule has 6 nitrogen and oxygen atoms in total. The van der Waals surface area contributed by atoms with Gasteiger partial charge in [-0.3, -0.25) is 0 Å². The Kier molecular flexibility index (Phi) is 3.20. The molecule has 0 spiro atoms. The van der Waals surface area contributed by atoms with Gasteiger partial charge in [0.05, 0.1) is 5.69 Å². The number of aromatic nitrogens is 2. The molecule has 94 valence electrons. The van der Waals surface area contributed by atoms with E-state index in [1.807, 2.05) is 0 Å². The van der Waals surface area contributed by atoms with Gasteiger partial charge in [0.25, 0.3) is 0 Å². The molecule has 8 heteroatoms. The van der Waals surface area contributed by atoms with Crippen molar-refractivity contribution in [3.8, 4) is 0 Å². The fourth-order valence-corrected chi connectivity index (χ4v) is 1.33. The first-order valence-corrected chi connectivity index (χ1v) is 4.91. The second-order valence-electron chi connectivity index (χ2n) is 3.38.